The molecule has 2 fully saturated rings. The standard InChI is InChI=1S/C16H19N5O/c22-15-2-1-6-18-21(15)10-12-8-20(9-12)11-14-5-7-17-16(19-14)13-3-4-13/h1-2,5-7,12-13H,3-4,8-11H2. The molecule has 1 saturated carbocycles. The van der Waals surface area contributed by atoms with Gasteiger partial charge in [-0.2, -0.15) is 5.10 Å². The predicted octanol–water partition coefficient (Wildman–Crippen LogP) is 1.04. The molecule has 6 nitrogen and oxygen atoms in total. The zero-order valence-corrected chi connectivity index (χ0v) is 12.4. The van der Waals surface area contributed by atoms with Crippen LogP contribution in [0.5, 0.6) is 0 Å². The smallest absolute Gasteiger partial charge is 0.266 e. The minimum absolute atomic E-state index is 0.0224. The first-order valence-corrected chi connectivity index (χ1v) is 7.84. The Bertz CT molecular complexity index is 718. The Balaban J connectivity index is 1.31. The van der Waals surface area contributed by atoms with E-state index in [9.17, 15) is 4.79 Å². The van der Waals surface area contributed by atoms with Crippen molar-refractivity contribution in [2.45, 2.75) is 31.8 Å². The Morgan fingerprint density at radius 1 is 1.18 bits per heavy atom. The van der Waals surface area contributed by atoms with E-state index in [4.69, 9.17) is 0 Å². The predicted molar refractivity (Wildman–Crippen MR) is 81.3 cm³/mol. The van der Waals surface area contributed by atoms with E-state index in [-0.39, 0.29) is 5.56 Å². The van der Waals surface area contributed by atoms with Gasteiger partial charge in [0.05, 0.1) is 12.2 Å². The first kappa shape index (κ1) is 13.6. The van der Waals surface area contributed by atoms with E-state index in [1.165, 1.54) is 12.8 Å². The number of likely N-dealkylation sites (tertiary alicyclic amines) is 1. The van der Waals surface area contributed by atoms with E-state index in [2.05, 4.69) is 20.0 Å². The third-order valence-corrected chi connectivity index (χ3v) is 4.31. The van der Waals surface area contributed by atoms with E-state index < -0.39 is 0 Å². The molecule has 0 radical (unpaired) electrons. The first-order chi connectivity index (χ1) is 10.8. The van der Waals surface area contributed by atoms with Gasteiger partial charge in [0.15, 0.2) is 0 Å². The minimum Gasteiger partial charge on any atom is -0.297 e. The lowest BCUT2D eigenvalue weighted by Gasteiger charge is -2.39. The third kappa shape index (κ3) is 2.92. The third-order valence-electron chi connectivity index (χ3n) is 4.31. The average Bonchev–Trinajstić information content (AvgIpc) is 3.32. The van der Waals surface area contributed by atoms with Gasteiger partial charge in [0.2, 0.25) is 0 Å². The molecule has 1 aliphatic heterocycles. The van der Waals surface area contributed by atoms with Crippen molar-refractivity contribution in [1.82, 2.24) is 24.6 Å². The molecule has 1 saturated heterocycles. The largest absolute Gasteiger partial charge is 0.297 e. The number of rotatable bonds is 5. The summed E-state index contributed by atoms with van der Waals surface area (Å²) >= 11 is 0. The molecule has 0 atom stereocenters. The molecule has 0 N–H and O–H groups in total. The van der Waals surface area contributed by atoms with Crippen LogP contribution in [0, 0.1) is 5.92 Å². The number of hydrogen-bond acceptors (Lipinski definition) is 5. The van der Waals surface area contributed by atoms with Crippen LogP contribution in [-0.4, -0.2) is 37.7 Å². The van der Waals surface area contributed by atoms with Crippen LogP contribution in [0.1, 0.15) is 30.3 Å². The summed E-state index contributed by atoms with van der Waals surface area (Å²) in [4.78, 5) is 23.0. The van der Waals surface area contributed by atoms with Gasteiger partial charge in [-0.15, -0.1) is 0 Å². The molecule has 2 aromatic rings. The van der Waals surface area contributed by atoms with Crippen LogP contribution in [0.3, 0.4) is 0 Å². The maximum Gasteiger partial charge on any atom is 0.266 e. The molecule has 3 heterocycles. The zero-order valence-electron chi connectivity index (χ0n) is 12.4. The van der Waals surface area contributed by atoms with Gasteiger partial charge in [-0.25, -0.2) is 14.6 Å². The van der Waals surface area contributed by atoms with Gasteiger partial charge in [0.1, 0.15) is 5.82 Å². The molecule has 22 heavy (non-hydrogen) atoms. The van der Waals surface area contributed by atoms with Crippen molar-refractivity contribution in [3.8, 4) is 0 Å². The number of nitrogens with zero attached hydrogens (tertiary/aromatic N) is 5. The molecule has 0 bridgehead atoms. The second-order valence-corrected chi connectivity index (χ2v) is 6.28. The SMILES string of the molecule is O=c1cccnn1CC1CN(Cc2ccnc(C3CC3)n2)C1. The van der Waals surface area contributed by atoms with Gasteiger partial charge in [0, 0.05) is 49.9 Å². The fourth-order valence-corrected chi connectivity index (χ4v) is 2.96. The van der Waals surface area contributed by atoms with E-state index in [0.29, 0.717) is 18.4 Å². The lowest BCUT2D eigenvalue weighted by atomic mass is 10.00. The van der Waals surface area contributed by atoms with Crippen molar-refractivity contribution in [1.29, 1.82) is 0 Å². The first-order valence-electron chi connectivity index (χ1n) is 7.84. The molecule has 114 valence electrons. The summed E-state index contributed by atoms with van der Waals surface area (Å²) in [5.41, 5.74) is 1.08. The van der Waals surface area contributed by atoms with Crippen LogP contribution in [0.2, 0.25) is 0 Å². The normalized spacial score (nSPS) is 19.1. The van der Waals surface area contributed by atoms with E-state index in [0.717, 1.165) is 31.2 Å². The van der Waals surface area contributed by atoms with Crippen molar-refractivity contribution in [3.63, 3.8) is 0 Å². The molecule has 1 aliphatic carbocycles. The quantitative estimate of drug-likeness (QED) is 0.825. The lowest BCUT2D eigenvalue weighted by Crippen LogP contribution is -2.49. The van der Waals surface area contributed by atoms with Crippen molar-refractivity contribution in [3.05, 3.63) is 52.5 Å². The van der Waals surface area contributed by atoms with E-state index >= 15 is 0 Å². The van der Waals surface area contributed by atoms with Gasteiger partial charge < -0.3 is 0 Å². The molecule has 0 aromatic carbocycles. The molecule has 0 unspecified atom stereocenters. The maximum absolute atomic E-state index is 11.6. The highest BCUT2D eigenvalue weighted by molar-refractivity contribution is 5.10. The zero-order chi connectivity index (χ0) is 14.9. The Morgan fingerprint density at radius 2 is 2.05 bits per heavy atom. The van der Waals surface area contributed by atoms with Gasteiger partial charge in [-0.05, 0) is 25.0 Å². The molecule has 6 heteroatoms. The Kier molecular flexibility index (Phi) is 3.46. The van der Waals surface area contributed by atoms with Gasteiger partial charge >= 0.3 is 0 Å². The van der Waals surface area contributed by atoms with Gasteiger partial charge in [0.25, 0.3) is 5.56 Å². The van der Waals surface area contributed by atoms with Crippen LogP contribution in [0.4, 0.5) is 0 Å². The van der Waals surface area contributed by atoms with Crippen LogP contribution in [-0.2, 0) is 13.1 Å². The molecule has 2 aliphatic rings. The van der Waals surface area contributed by atoms with E-state index in [1.54, 1.807) is 23.0 Å². The van der Waals surface area contributed by atoms with Crippen LogP contribution in [0.25, 0.3) is 0 Å². The number of hydrogen-bond donors (Lipinski definition) is 0. The van der Waals surface area contributed by atoms with Gasteiger partial charge in [-0.3, -0.25) is 9.69 Å². The second kappa shape index (κ2) is 5.61. The molecular formula is C16H19N5O. The molecule has 2 aromatic heterocycles. The Hall–Kier alpha value is -2.08. The highest BCUT2D eigenvalue weighted by Gasteiger charge is 2.29. The van der Waals surface area contributed by atoms with Crippen molar-refractivity contribution in [2.75, 3.05) is 13.1 Å². The summed E-state index contributed by atoms with van der Waals surface area (Å²) in [7, 11) is 0. The average molecular weight is 297 g/mol. The molecule has 4 rings (SSSR count). The highest BCUT2D eigenvalue weighted by atomic mass is 16.1. The topological polar surface area (TPSA) is 63.9 Å². The summed E-state index contributed by atoms with van der Waals surface area (Å²) in [5, 5.41) is 4.11. The summed E-state index contributed by atoms with van der Waals surface area (Å²) in [6.07, 6.45) is 6.00. The lowest BCUT2D eigenvalue weighted by molar-refractivity contribution is 0.0753. The Labute approximate surface area is 128 Å². The summed E-state index contributed by atoms with van der Waals surface area (Å²) in [6.45, 7) is 3.56. The number of aromatic nitrogens is 4. The second-order valence-electron chi connectivity index (χ2n) is 6.28. The maximum atomic E-state index is 11.6. The summed E-state index contributed by atoms with van der Waals surface area (Å²) in [6, 6.07) is 5.24. The Morgan fingerprint density at radius 3 is 2.82 bits per heavy atom. The highest BCUT2D eigenvalue weighted by Crippen LogP contribution is 2.37. The fourth-order valence-electron chi connectivity index (χ4n) is 2.96. The fraction of sp³-hybridized carbons (Fsp3) is 0.500. The van der Waals surface area contributed by atoms with Crippen LogP contribution < -0.4 is 5.56 Å². The monoisotopic (exact) mass is 297 g/mol. The van der Waals surface area contributed by atoms with E-state index in [1.807, 2.05) is 12.3 Å². The summed E-state index contributed by atoms with van der Waals surface area (Å²) in [5.74, 6) is 2.10. The molecule has 0 amide bonds. The van der Waals surface area contributed by atoms with Crippen molar-refractivity contribution >= 4 is 0 Å². The molecular weight excluding hydrogens is 278 g/mol. The van der Waals surface area contributed by atoms with Gasteiger partial charge in [-0.1, -0.05) is 0 Å². The van der Waals surface area contributed by atoms with Crippen molar-refractivity contribution < 1.29 is 0 Å². The van der Waals surface area contributed by atoms with Crippen molar-refractivity contribution in [2.24, 2.45) is 5.92 Å². The minimum atomic E-state index is -0.0224. The van der Waals surface area contributed by atoms with Crippen LogP contribution >= 0.6 is 0 Å². The summed E-state index contributed by atoms with van der Waals surface area (Å²) < 4.78 is 1.55. The van der Waals surface area contributed by atoms with Crippen LogP contribution in [0.15, 0.2) is 35.4 Å². The molecule has 0 spiro atoms.